The quantitative estimate of drug-likeness (QED) is 0.430. The summed E-state index contributed by atoms with van der Waals surface area (Å²) in [4.78, 5) is 31.4. The van der Waals surface area contributed by atoms with E-state index in [1.807, 2.05) is 0 Å². The average Bonchev–Trinajstić information content (AvgIpc) is 1.98. The van der Waals surface area contributed by atoms with Crippen LogP contribution in [0.1, 0.15) is 19.8 Å². The minimum atomic E-state index is -0.883. The second-order valence-corrected chi connectivity index (χ2v) is 2.12. The number of methoxy groups -OCH3 is 1. The van der Waals surface area contributed by atoms with Crippen LogP contribution in [0.15, 0.2) is 0 Å². The molecule has 0 unspecified atom stereocenters. The molecular weight excluding hydrogens is 148 g/mol. The SMILES string of the molecule is COC(=O)C(=O)CCC(C)=O. The highest BCUT2D eigenvalue weighted by atomic mass is 16.5. The van der Waals surface area contributed by atoms with Gasteiger partial charge in [0.05, 0.1) is 7.11 Å². The van der Waals surface area contributed by atoms with Crippen molar-refractivity contribution in [2.24, 2.45) is 0 Å². The van der Waals surface area contributed by atoms with Crippen LogP contribution in [0.25, 0.3) is 0 Å². The van der Waals surface area contributed by atoms with Gasteiger partial charge < -0.3 is 9.53 Å². The summed E-state index contributed by atoms with van der Waals surface area (Å²) >= 11 is 0. The Hall–Kier alpha value is -1.19. The van der Waals surface area contributed by atoms with Gasteiger partial charge in [0, 0.05) is 12.8 Å². The molecule has 0 saturated carbocycles. The van der Waals surface area contributed by atoms with Gasteiger partial charge in [-0.15, -0.1) is 0 Å². The van der Waals surface area contributed by atoms with E-state index in [-0.39, 0.29) is 18.6 Å². The first-order chi connectivity index (χ1) is 5.07. The number of esters is 1. The molecular formula is C7H10O4. The van der Waals surface area contributed by atoms with Gasteiger partial charge in [-0.1, -0.05) is 0 Å². The van der Waals surface area contributed by atoms with Crippen molar-refractivity contribution in [1.82, 2.24) is 0 Å². The monoisotopic (exact) mass is 158 g/mol. The molecule has 0 amide bonds. The standard InChI is InChI=1S/C7H10O4/c1-5(8)3-4-6(9)7(10)11-2/h3-4H2,1-2H3. The highest BCUT2D eigenvalue weighted by molar-refractivity contribution is 6.33. The highest BCUT2D eigenvalue weighted by Gasteiger charge is 2.13. The number of ether oxygens (including phenoxy) is 1. The van der Waals surface area contributed by atoms with Gasteiger partial charge in [-0.2, -0.15) is 0 Å². The second kappa shape index (κ2) is 4.60. The Balaban J connectivity index is 3.70. The van der Waals surface area contributed by atoms with Crippen LogP contribution in [0.4, 0.5) is 0 Å². The van der Waals surface area contributed by atoms with E-state index in [2.05, 4.69) is 4.74 Å². The van der Waals surface area contributed by atoms with Crippen molar-refractivity contribution in [2.75, 3.05) is 7.11 Å². The van der Waals surface area contributed by atoms with E-state index in [4.69, 9.17) is 0 Å². The number of Topliss-reactive ketones (excluding diaryl/α,β-unsaturated/α-hetero) is 2. The molecule has 4 nitrogen and oxygen atoms in total. The molecule has 0 rings (SSSR count). The van der Waals surface area contributed by atoms with Gasteiger partial charge in [-0.3, -0.25) is 4.79 Å². The normalized spacial score (nSPS) is 8.91. The number of ketones is 2. The lowest BCUT2D eigenvalue weighted by Gasteiger charge is -1.94. The van der Waals surface area contributed by atoms with Crippen LogP contribution in [-0.2, 0) is 19.1 Å². The molecule has 4 heteroatoms. The van der Waals surface area contributed by atoms with E-state index in [1.165, 1.54) is 6.92 Å². The average molecular weight is 158 g/mol. The Kier molecular flexibility index (Phi) is 4.10. The molecule has 0 spiro atoms. The van der Waals surface area contributed by atoms with E-state index < -0.39 is 11.8 Å². The molecule has 0 aromatic rings. The van der Waals surface area contributed by atoms with Crippen molar-refractivity contribution in [3.63, 3.8) is 0 Å². The van der Waals surface area contributed by atoms with E-state index in [0.29, 0.717) is 0 Å². The molecule has 0 bridgehead atoms. The maximum atomic E-state index is 10.7. The first kappa shape index (κ1) is 9.81. The van der Waals surface area contributed by atoms with Gasteiger partial charge in [-0.25, -0.2) is 4.79 Å². The van der Waals surface area contributed by atoms with Crippen LogP contribution in [0.5, 0.6) is 0 Å². The zero-order valence-electron chi connectivity index (χ0n) is 6.55. The summed E-state index contributed by atoms with van der Waals surface area (Å²) in [6.45, 7) is 1.37. The van der Waals surface area contributed by atoms with E-state index in [1.54, 1.807) is 0 Å². The Labute approximate surface area is 64.5 Å². The minimum Gasteiger partial charge on any atom is -0.463 e. The summed E-state index contributed by atoms with van der Waals surface area (Å²) < 4.78 is 4.14. The zero-order valence-corrected chi connectivity index (χ0v) is 6.55. The number of rotatable bonds is 4. The van der Waals surface area contributed by atoms with Crippen LogP contribution in [-0.4, -0.2) is 24.6 Å². The number of hydrogen-bond acceptors (Lipinski definition) is 4. The number of carbonyl (C=O) groups is 3. The third-order valence-electron chi connectivity index (χ3n) is 1.12. The lowest BCUT2D eigenvalue weighted by atomic mass is 10.2. The molecule has 0 atom stereocenters. The largest absolute Gasteiger partial charge is 0.463 e. The fourth-order valence-electron chi connectivity index (χ4n) is 0.505. The summed E-state index contributed by atoms with van der Waals surface area (Å²) in [5.74, 6) is -1.64. The fraction of sp³-hybridized carbons (Fsp3) is 0.571. The lowest BCUT2D eigenvalue weighted by Crippen LogP contribution is -2.15. The van der Waals surface area contributed by atoms with Gasteiger partial charge in [0.1, 0.15) is 5.78 Å². The van der Waals surface area contributed by atoms with Crippen LogP contribution in [0.3, 0.4) is 0 Å². The molecule has 0 radical (unpaired) electrons. The molecule has 0 aromatic carbocycles. The highest BCUT2D eigenvalue weighted by Crippen LogP contribution is 1.93. The molecule has 62 valence electrons. The molecule has 0 heterocycles. The van der Waals surface area contributed by atoms with Crippen LogP contribution in [0, 0.1) is 0 Å². The lowest BCUT2D eigenvalue weighted by molar-refractivity contribution is -0.151. The number of carbonyl (C=O) groups excluding carboxylic acids is 3. The fourth-order valence-corrected chi connectivity index (χ4v) is 0.505. The third-order valence-corrected chi connectivity index (χ3v) is 1.12. The molecule has 0 aromatic heterocycles. The Morgan fingerprint density at radius 2 is 1.73 bits per heavy atom. The predicted octanol–water partition coefficient (Wildman–Crippen LogP) is 0.0977. The Bertz CT molecular complexity index is 183. The van der Waals surface area contributed by atoms with Crippen molar-refractivity contribution in [3.05, 3.63) is 0 Å². The molecule has 11 heavy (non-hydrogen) atoms. The van der Waals surface area contributed by atoms with Gasteiger partial charge in [-0.05, 0) is 6.92 Å². The summed E-state index contributed by atoms with van der Waals surface area (Å²) in [7, 11) is 1.13. The van der Waals surface area contributed by atoms with Crippen molar-refractivity contribution < 1.29 is 19.1 Å². The molecule has 0 aliphatic rings. The van der Waals surface area contributed by atoms with E-state index >= 15 is 0 Å². The summed E-state index contributed by atoms with van der Waals surface area (Å²) in [5, 5.41) is 0. The maximum Gasteiger partial charge on any atom is 0.374 e. The first-order valence-corrected chi connectivity index (χ1v) is 3.18. The van der Waals surface area contributed by atoms with Crippen molar-refractivity contribution in [1.29, 1.82) is 0 Å². The van der Waals surface area contributed by atoms with Gasteiger partial charge in [0.25, 0.3) is 0 Å². The van der Waals surface area contributed by atoms with Crippen molar-refractivity contribution in [2.45, 2.75) is 19.8 Å². The molecule has 0 saturated heterocycles. The molecule has 0 N–H and O–H groups in total. The molecule has 0 aliphatic carbocycles. The van der Waals surface area contributed by atoms with Gasteiger partial charge in [0.15, 0.2) is 0 Å². The van der Waals surface area contributed by atoms with E-state index in [0.717, 1.165) is 7.11 Å². The van der Waals surface area contributed by atoms with Crippen LogP contribution >= 0.6 is 0 Å². The maximum absolute atomic E-state index is 10.7. The Morgan fingerprint density at radius 3 is 2.09 bits per heavy atom. The first-order valence-electron chi connectivity index (χ1n) is 3.18. The molecule has 0 fully saturated rings. The summed E-state index contributed by atoms with van der Waals surface area (Å²) in [6, 6.07) is 0. The second-order valence-electron chi connectivity index (χ2n) is 2.12. The van der Waals surface area contributed by atoms with Gasteiger partial charge in [0.2, 0.25) is 5.78 Å². The predicted molar refractivity (Wildman–Crippen MR) is 36.9 cm³/mol. The Morgan fingerprint density at radius 1 is 1.18 bits per heavy atom. The van der Waals surface area contributed by atoms with Crippen LogP contribution in [0.2, 0.25) is 0 Å². The minimum absolute atomic E-state index is 0.0536. The third kappa shape index (κ3) is 4.25. The zero-order chi connectivity index (χ0) is 8.85. The van der Waals surface area contributed by atoms with Crippen molar-refractivity contribution in [3.8, 4) is 0 Å². The summed E-state index contributed by atoms with van der Waals surface area (Å²) in [5.41, 5.74) is 0. The summed E-state index contributed by atoms with van der Waals surface area (Å²) in [6.07, 6.45) is 0.0515. The number of hydrogen-bond donors (Lipinski definition) is 0. The van der Waals surface area contributed by atoms with E-state index in [9.17, 15) is 14.4 Å². The topological polar surface area (TPSA) is 60.4 Å². The smallest absolute Gasteiger partial charge is 0.374 e. The van der Waals surface area contributed by atoms with Crippen molar-refractivity contribution >= 4 is 17.5 Å². The van der Waals surface area contributed by atoms with Crippen LogP contribution < -0.4 is 0 Å². The molecule has 0 aliphatic heterocycles. The van der Waals surface area contributed by atoms with Gasteiger partial charge >= 0.3 is 5.97 Å².